The maximum atomic E-state index is 14.7. The molecule has 3 N–H and O–H groups in total. The number of hydrogen-bond donors (Lipinski definition) is 3. The molecule has 12 nitrogen and oxygen atoms in total. The summed E-state index contributed by atoms with van der Waals surface area (Å²) in [7, 11) is 1.52. The molecular weight excluding hydrogens is 751 g/mol. The Labute approximate surface area is 347 Å². The summed E-state index contributed by atoms with van der Waals surface area (Å²) in [5.74, 6) is -1.37. The average Bonchev–Trinajstić information content (AvgIpc) is 3.24. The summed E-state index contributed by atoms with van der Waals surface area (Å²) in [6.45, 7) is 10.7. The molecule has 3 aliphatic rings. The molecule has 0 aromatic heterocycles. The van der Waals surface area contributed by atoms with Crippen molar-refractivity contribution in [3.8, 4) is 11.5 Å². The van der Waals surface area contributed by atoms with Crippen LogP contribution in [0.1, 0.15) is 75.3 Å². The normalized spacial score (nSPS) is 23.6. The second kappa shape index (κ2) is 20.7. The molecule has 1 heterocycles. The van der Waals surface area contributed by atoms with Crippen LogP contribution in [0, 0.1) is 17.8 Å². The van der Waals surface area contributed by atoms with E-state index in [1.807, 2.05) is 61.5 Å². The summed E-state index contributed by atoms with van der Waals surface area (Å²) in [6.07, 6.45) is 9.68. The number of carbonyl (C=O) groups is 2. The Morgan fingerprint density at radius 1 is 1.02 bits per heavy atom. The topological polar surface area (TPSA) is 148 Å². The predicted octanol–water partition coefficient (Wildman–Crippen LogP) is 8.43. The Hall–Kier alpha value is -5.17. The number of nitrogens with zero attached hydrogens (tertiary/aromatic N) is 2. The number of unbranched alkanes of at least 4 members (excludes halogenated alkanes) is 2. The summed E-state index contributed by atoms with van der Waals surface area (Å²) in [5, 5.41) is 29.2. The van der Waals surface area contributed by atoms with Gasteiger partial charge in [0.2, 0.25) is 5.79 Å². The van der Waals surface area contributed by atoms with Gasteiger partial charge in [0, 0.05) is 37.7 Å². The van der Waals surface area contributed by atoms with Gasteiger partial charge in [-0.25, -0.2) is 9.59 Å². The predicted molar refractivity (Wildman–Crippen MR) is 227 cm³/mol. The Bertz CT molecular complexity index is 1990. The maximum absolute atomic E-state index is 14.7. The van der Waals surface area contributed by atoms with E-state index < -0.39 is 29.9 Å². The third-order valence-electron chi connectivity index (χ3n) is 11.8. The van der Waals surface area contributed by atoms with E-state index in [1.165, 1.54) is 7.11 Å². The van der Waals surface area contributed by atoms with E-state index in [-0.39, 0.29) is 57.1 Å². The number of allylic oxidation sites excluding steroid dienone is 1. The Balaban J connectivity index is 1.60. The van der Waals surface area contributed by atoms with E-state index in [4.69, 9.17) is 23.8 Å². The highest BCUT2D eigenvalue weighted by molar-refractivity contribution is 6.03. The number of aliphatic hydroxyl groups is 2. The van der Waals surface area contributed by atoms with Crippen LogP contribution in [0.2, 0.25) is 0 Å². The van der Waals surface area contributed by atoms with Crippen LogP contribution >= 0.6 is 0 Å². The fourth-order valence-electron chi connectivity index (χ4n) is 9.34. The standard InChI is InChI=1S/C47H59N3O9/c1-5-8-27-56-46(54)50(31-34-19-15-18-32-16-9-10-20-36(32)34)42-30-40(49-55-4)38-28-33(17-11-13-24-51)37(21-12-14-25-52)43-39-29-35(58-45(53)48-7-3)22-23-41(39)59-47(42,44(38)43)57-26-6-2/h5-6,9-10,15-16,18-20,22-23,28-29,33,37,42-44,51-52H,1-2,7-8,11-14,17,21,24-27,30-31H2,3-4H3,(H,48,53). The summed E-state index contributed by atoms with van der Waals surface area (Å²) < 4.78 is 26.1. The van der Waals surface area contributed by atoms with Crippen molar-refractivity contribution in [2.24, 2.45) is 22.9 Å². The zero-order valence-electron chi connectivity index (χ0n) is 34.4. The number of ether oxygens (including phenoxy) is 4. The first kappa shape index (κ1) is 43.4. The third-order valence-corrected chi connectivity index (χ3v) is 11.8. The third kappa shape index (κ3) is 9.51. The maximum Gasteiger partial charge on any atom is 0.412 e. The number of carbonyl (C=O) groups excluding carboxylic acids is 2. The first-order valence-electron chi connectivity index (χ1n) is 20.9. The van der Waals surface area contributed by atoms with Gasteiger partial charge in [0.25, 0.3) is 0 Å². The van der Waals surface area contributed by atoms with E-state index in [0.717, 1.165) is 53.2 Å². The minimum atomic E-state index is -1.49. The quantitative estimate of drug-likeness (QED) is 0.0581. The lowest BCUT2D eigenvalue weighted by molar-refractivity contribution is -0.256. The molecule has 316 valence electrons. The largest absolute Gasteiger partial charge is 0.459 e. The fourth-order valence-corrected chi connectivity index (χ4v) is 9.34. The minimum Gasteiger partial charge on any atom is -0.459 e. The van der Waals surface area contributed by atoms with Gasteiger partial charge in [-0.15, -0.1) is 13.2 Å². The summed E-state index contributed by atoms with van der Waals surface area (Å²) in [4.78, 5) is 34.7. The van der Waals surface area contributed by atoms with Crippen molar-refractivity contribution >= 4 is 28.7 Å². The van der Waals surface area contributed by atoms with Crippen molar-refractivity contribution in [3.05, 3.63) is 109 Å². The first-order chi connectivity index (χ1) is 28.8. The van der Waals surface area contributed by atoms with Gasteiger partial charge in [-0.1, -0.05) is 78.7 Å². The van der Waals surface area contributed by atoms with Crippen LogP contribution in [0.4, 0.5) is 9.59 Å². The molecule has 1 aliphatic heterocycles. The molecule has 12 heteroatoms. The number of oxime groups is 1. The average molecular weight is 810 g/mol. The molecule has 3 aromatic carbocycles. The van der Waals surface area contributed by atoms with Crippen LogP contribution in [0.15, 0.2) is 103 Å². The number of rotatable bonds is 20. The molecule has 1 fully saturated rings. The molecule has 0 radical (unpaired) electrons. The zero-order valence-corrected chi connectivity index (χ0v) is 34.4. The van der Waals surface area contributed by atoms with Crippen LogP contribution < -0.4 is 14.8 Å². The van der Waals surface area contributed by atoms with Crippen LogP contribution in [-0.2, 0) is 20.9 Å². The van der Waals surface area contributed by atoms with Crippen molar-refractivity contribution in [3.63, 3.8) is 0 Å². The molecule has 3 aromatic rings. The molecule has 2 amide bonds. The molecular formula is C47H59N3O9. The smallest absolute Gasteiger partial charge is 0.412 e. The van der Waals surface area contributed by atoms with E-state index in [9.17, 15) is 19.8 Å². The summed E-state index contributed by atoms with van der Waals surface area (Å²) in [6, 6.07) is 18.7. The second-order valence-corrected chi connectivity index (χ2v) is 15.3. The van der Waals surface area contributed by atoms with Gasteiger partial charge in [0.1, 0.15) is 24.7 Å². The number of benzene rings is 3. The zero-order chi connectivity index (χ0) is 41.8. The van der Waals surface area contributed by atoms with Crippen LogP contribution in [0.25, 0.3) is 10.8 Å². The number of hydrogen-bond acceptors (Lipinski definition) is 10. The minimum absolute atomic E-state index is 0.00308. The highest BCUT2D eigenvalue weighted by atomic mass is 16.7. The van der Waals surface area contributed by atoms with E-state index >= 15 is 0 Å². The highest BCUT2D eigenvalue weighted by Crippen LogP contribution is 2.62. The molecule has 0 spiro atoms. The molecule has 59 heavy (non-hydrogen) atoms. The van der Waals surface area contributed by atoms with Crippen LogP contribution in [0.3, 0.4) is 0 Å². The van der Waals surface area contributed by atoms with Gasteiger partial charge in [0.05, 0.1) is 31.4 Å². The Kier molecular flexibility index (Phi) is 15.2. The lowest BCUT2D eigenvalue weighted by Crippen LogP contribution is -2.70. The van der Waals surface area contributed by atoms with Gasteiger partial charge in [-0.3, -0.25) is 4.90 Å². The van der Waals surface area contributed by atoms with Crippen molar-refractivity contribution in [1.82, 2.24) is 10.2 Å². The molecule has 2 aliphatic carbocycles. The first-order valence-corrected chi connectivity index (χ1v) is 20.9. The molecule has 6 unspecified atom stereocenters. The summed E-state index contributed by atoms with van der Waals surface area (Å²) in [5.41, 5.74) is 3.32. The van der Waals surface area contributed by atoms with Crippen molar-refractivity contribution in [2.45, 2.75) is 82.6 Å². The van der Waals surface area contributed by atoms with Crippen LogP contribution in [0.5, 0.6) is 11.5 Å². The molecule has 0 saturated heterocycles. The number of nitrogens with one attached hydrogen (secondary N) is 1. The van der Waals surface area contributed by atoms with Gasteiger partial charge < -0.3 is 39.3 Å². The Morgan fingerprint density at radius 3 is 2.54 bits per heavy atom. The SMILES string of the molecule is C=CCCOC(=O)N(Cc1cccc2ccccc12)C1CC(=NOC)C2=CC(CCCCO)C(CCCCO)C3c4cc(OC(=O)NCC)ccc4OC1(OCC=C)C23. The number of aliphatic hydroxyl groups excluding tert-OH is 2. The lowest BCUT2D eigenvalue weighted by atomic mass is 9.55. The number of amides is 2. The van der Waals surface area contributed by atoms with Crippen molar-refractivity contribution in [1.29, 1.82) is 0 Å². The molecule has 6 rings (SSSR count). The van der Waals surface area contributed by atoms with Gasteiger partial charge in [0.15, 0.2) is 0 Å². The van der Waals surface area contributed by atoms with E-state index in [0.29, 0.717) is 43.0 Å². The van der Waals surface area contributed by atoms with Crippen LogP contribution in [-0.4, -0.2) is 84.9 Å². The van der Waals surface area contributed by atoms with Gasteiger partial charge in [-0.05, 0) is 91.0 Å². The second-order valence-electron chi connectivity index (χ2n) is 15.3. The summed E-state index contributed by atoms with van der Waals surface area (Å²) >= 11 is 0. The van der Waals surface area contributed by atoms with Crippen molar-refractivity contribution in [2.75, 3.05) is 40.1 Å². The molecule has 6 atom stereocenters. The molecule has 1 saturated carbocycles. The van der Waals surface area contributed by atoms with Gasteiger partial charge >= 0.3 is 12.2 Å². The number of fused-ring (bicyclic) bond motifs is 3. The Morgan fingerprint density at radius 2 is 1.80 bits per heavy atom. The fraction of sp³-hybridized carbons (Fsp3) is 0.468. The van der Waals surface area contributed by atoms with E-state index in [1.54, 1.807) is 23.1 Å². The monoisotopic (exact) mass is 809 g/mol. The highest BCUT2D eigenvalue weighted by Gasteiger charge is 2.65. The molecule has 0 bridgehead atoms. The van der Waals surface area contributed by atoms with E-state index in [2.05, 4.69) is 29.7 Å². The van der Waals surface area contributed by atoms with Gasteiger partial charge in [-0.2, -0.15) is 0 Å². The lowest BCUT2D eigenvalue weighted by Gasteiger charge is -2.59. The van der Waals surface area contributed by atoms with Crippen molar-refractivity contribution < 1.29 is 43.6 Å².